The zero-order chi connectivity index (χ0) is 22.6. The summed E-state index contributed by atoms with van der Waals surface area (Å²) in [5, 5.41) is 0. The highest BCUT2D eigenvalue weighted by Gasteiger charge is 2.34. The van der Waals surface area contributed by atoms with Crippen LogP contribution in [0, 0.1) is 0 Å². The number of imidazole rings is 1. The van der Waals surface area contributed by atoms with Crippen molar-refractivity contribution in [1.82, 2.24) is 24.3 Å². The molecule has 1 amide bonds. The van der Waals surface area contributed by atoms with Gasteiger partial charge in [0.15, 0.2) is 0 Å². The molecule has 1 atom stereocenters. The Hall–Kier alpha value is -3.73. The SMILES string of the molecule is CN(C(=O)c1cc2c(cn1)nc(N)c1cncn12)C1COCc2cc(C(F)(F)F)ccc21. The van der Waals surface area contributed by atoms with Gasteiger partial charge in [-0.3, -0.25) is 9.20 Å². The summed E-state index contributed by atoms with van der Waals surface area (Å²) in [6.07, 6.45) is 0.139. The number of alkyl halides is 3. The number of fused-ring (bicyclic) bond motifs is 4. The van der Waals surface area contributed by atoms with Crippen molar-refractivity contribution in [1.29, 1.82) is 0 Å². The molecule has 164 valence electrons. The van der Waals surface area contributed by atoms with E-state index >= 15 is 0 Å². The molecular formula is C21H17F3N6O2. The molecule has 1 aromatic carbocycles. The Balaban J connectivity index is 1.50. The van der Waals surface area contributed by atoms with Crippen LogP contribution in [0.25, 0.3) is 16.6 Å². The zero-order valence-electron chi connectivity index (χ0n) is 16.8. The first-order valence-corrected chi connectivity index (χ1v) is 9.66. The van der Waals surface area contributed by atoms with Crippen molar-refractivity contribution < 1.29 is 22.7 Å². The second-order valence-electron chi connectivity index (χ2n) is 7.56. The van der Waals surface area contributed by atoms with E-state index in [4.69, 9.17) is 10.5 Å². The predicted molar refractivity (Wildman–Crippen MR) is 109 cm³/mol. The van der Waals surface area contributed by atoms with Gasteiger partial charge in [0.05, 0.1) is 49.1 Å². The van der Waals surface area contributed by atoms with Crippen LogP contribution >= 0.6 is 0 Å². The number of amides is 1. The number of pyridine rings is 1. The Morgan fingerprint density at radius 2 is 2.06 bits per heavy atom. The fourth-order valence-corrected chi connectivity index (χ4v) is 3.94. The lowest BCUT2D eigenvalue weighted by atomic mass is 9.95. The number of hydrogen-bond donors (Lipinski definition) is 1. The molecule has 1 aliphatic heterocycles. The summed E-state index contributed by atoms with van der Waals surface area (Å²) in [4.78, 5) is 27.2. The molecule has 0 saturated heterocycles. The van der Waals surface area contributed by atoms with E-state index in [9.17, 15) is 18.0 Å². The van der Waals surface area contributed by atoms with Gasteiger partial charge in [0, 0.05) is 7.05 Å². The second kappa shape index (κ2) is 7.16. The summed E-state index contributed by atoms with van der Waals surface area (Å²) in [6, 6.07) is 4.54. The number of carbonyl (C=O) groups is 1. The summed E-state index contributed by atoms with van der Waals surface area (Å²) in [5.41, 5.74) is 8.07. The molecule has 5 rings (SSSR count). The second-order valence-corrected chi connectivity index (χ2v) is 7.56. The number of nitrogens with zero attached hydrogens (tertiary/aromatic N) is 5. The van der Waals surface area contributed by atoms with E-state index in [-0.39, 0.29) is 18.9 Å². The van der Waals surface area contributed by atoms with Gasteiger partial charge in [-0.2, -0.15) is 13.2 Å². The minimum atomic E-state index is -4.45. The molecule has 32 heavy (non-hydrogen) atoms. The minimum absolute atomic E-state index is 0.0533. The number of hydrogen-bond acceptors (Lipinski definition) is 6. The monoisotopic (exact) mass is 442 g/mol. The number of anilines is 1. The van der Waals surface area contributed by atoms with Gasteiger partial charge in [0.1, 0.15) is 22.5 Å². The molecule has 0 spiro atoms. The van der Waals surface area contributed by atoms with Crippen molar-refractivity contribution in [3.63, 3.8) is 0 Å². The highest BCUT2D eigenvalue weighted by atomic mass is 19.4. The molecule has 4 heterocycles. The van der Waals surface area contributed by atoms with Crippen LogP contribution in [0.4, 0.5) is 19.0 Å². The number of benzene rings is 1. The average Bonchev–Trinajstić information content (AvgIpc) is 3.28. The van der Waals surface area contributed by atoms with E-state index in [1.54, 1.807) is 30.0 Å². The first kappa shape index (κ1) is 20.2. The predicted octanol–water partition coefficient (Wildman–Crippen LogP) is 3.22. The van der Waals surface area contributed by atoms with Gasteiger partial charge in [-0.1, -0.05) is 6.07 Å². The summed E-state index contributed by atoms with van der Waals surface area (Å²) in [6.45, 7) is 0.218. The van der Waals surface area contributed by atoms with Crippen LogP contribution in [-0.2, 0) is 17.5 Å². The third kappa shape index (κ3) is 3.21. The minimum Gasteiger partial charge on any atom is -0.382 e. The van der Waals surface area contributed by atoms with Gasteiger partial charge in [0.25, 0.3) is 5.91 Å². The normalized spacial score (nSPS) is 16.3. The number of nitrogen functional groups attached to an aromatic ring is 1. The maximum absolute atomic E-state index is 13.2. The Morgan fingerprint density at radius 3 is 2.84 bits per heavy atom. The number of carbonyl (C=O) groups excluding carboxylic acids is 1. The standard InChI is InChI=1S/C21H17F3N6O2/c1-29(18-9-32-8-11-4-12(21(22,23)24)2-3-13(11)18)20(31)14-5-16-15(6-27-14)28-19(25)17-7-26-10-30(16)17/h2-7,10,18H,8-9H2,1H3,(H2,25,28). The van der Waals surface area contributed by atoms with Crippen molar-refractivity contribution in [3.05, 3.63) is 65.4 Å². The molecule has 0 aliphatic carbocycles. The smallest absolute Gasteiger partial charge is 0.382 e. The van der Waals surface area contributed by atoms with Crippen LogP contribution in [0.15, 0.2) is 43.0 Å². The topological polar surface area (TPSA) is 98.6 Å². The Kier molecular flexibility index (Phi) is 4.52. The van der Waals surface area contributed by atoms with Crippen molar-refractivity contribution in [2.24, 2.45) is 0 Å². The van der Waals surface area contributed by atoms with Crippen LogP contribution in [0.5, 0.6) is 0 Å². The van der Waals surface area contributed by atoms with Gasteiger partial charge in [-0.05, 0) is 29.3 Å². The molecule has 0 bridgehead atoms. The zero-order valence-corrected chi connectivity index (χ0v) is 16.8. The molecule has 3 aromatic heterocycles. The van der Waals surface area contributed by atoms with Crippen molar-refractivity contribution in [2.45, 2.75) is 18.8 Å². The maximum atomic E-state index is 13.2. The van der Waals surface area contributed by atoms with Crippen molar-refractivity contribution >= 4 is 28.3 Å². The lowest BCUT2D eigenvalue weighted by molar-refractivity contribution is -0.137. The molecule has 0 radical (unpaired) electrons. The van der Waals surface area contributed by atoms with Crippen LogP contribution in [-0.4, -0.2) is 43.8 Å². The number of rotatable bonds is 2. The number of likely N-dealkylation sites (N-methyl/N-ethyl adjacent to an activating group) is 1. The van der Waals surface area contributed by atoms with E-state index < -0.39 is 23.7 Å². The number of ether oxygens (including phenoxy) is 1. The molecule has 8 nitrogen and oxygen atoms in total. The Labute approximate surface area is 179 Å². The first-order valence-electron chi connectivity index (χ1n) is 9.66. The molecular weight excluding hydrogens is 425 g/mol. The quantitative estimate of drug-likeness (QED) is 0.512. The summed E-state index contributed by atoms with van der Waals surface area (Å²) < 4.78 is 46.4. The van der Waals surface area contributed by atoms with Crippen molar-refractivity contribution in [3.8, 4) is 0 Å². The Morgan fingerprint density at radius 1 is 1.25 bits per heavy atom. The van der Waals surface area contributed by atoms with Crippen LogP contribution in [0.2, 0.25) is 0 Å². The number of aromatic nitrogens is 4. The van der Waals surface area contributed by atoms with Gasteiger partial charge in [0.2, 0.25) is 0 Å². The summed E-state index contributed by atoms with van der Waals surface area (Å²) in [7, 11) is 1.57. The van der Waals surface area contributed by atoms with E-state index in [1.165, 1.54) is 17.2 Å². The van der Waals surface area contributed by atoms with E-state index in [0.29, 0.717) is 33.5 Å². The molecule has 11 heteroatoms. The fraction of sp³-hybridized carbons (Fsp3) is 0.238. The fourth-order valence-electron chi connectivity index (χ4n) is 3.94. The van der Waals surface area contributed by atoms with E-state index in [0.717, 1.165) is 12.1 Å². The van der Waals surface area contributed by atoms with Crippen LogP contribution < -0.4 is 5.73 Å². The van der Waals surface area contributed by atoms with Crippen LogP contribution in [0.1, 0.15) is 33.2 Å². The van der Waals surface area contributed by atoms with E-state index in [1.807, 2.05) is 0 Å². The molecule has 2 N–H and O–H groups in total. The number of halogens is 3. The van der Waals surface area contributed by atoms with Gasteiger partial charge in [-0.15, -0.1) is 0 Å². The first-order chi connectivity index (χ1) is 15.2. The molecule has 1 aliphatic rings. The third-order valence-corrected chi connectivity index (χ3v) is 5.63. The molecule has 0 fully saturated rings. The van der Waals surface area contributed by atoms with Crippen molar-refractivity contribution in [2.75, 3.05) is 19.4 Å². The molecule has 0 saturated carbocycles. The highest BCUT2D eigenvalue weighted by molar-refractivity contribution is 5.96. The van der Waals surface area contributed by atoms with Gasteiger partial charge < -0.3 is 15.4 Å². The largest absolute Gasteiger partial charge is 0.416 e. The van der Waals surface area contributed by atoms with Crippen LogP contribution in [0.3, 0.4) is 0 Å². The summed E-state index contributed by atoms with van der Waals surface area (Å²) in [5.74, 6) is -0.111. The molecule has 1 unspecified atom stereocenters. The third-order valence-electron chi connectivity index (χ3n) is 5.63. The van der Waals surface area contributed by atoms with Gasteiger partial charge in [-0.25, -0.2) is 15.0 Å². The van der Waals surface area contributed by atoms with E-state index in [2.05, 4.69) is 15.0 Å². The molecule has 4 aromatic rings. The maximum Gasteiger partial charge on any atom is 0.416 e. The van der Waals surface area contributed by atoms with Gasteiger partial charge >= 0.3 is 6.18 Å². The summed E-state index contributed by atoms with van der Waals surface area (Å²) >= 11 is 0. The number of nitrogens with two attached hydrogens (primary N) is 1. The highest BCUT2D eigenvalue weighted by Crippen LogP contribution is 2.35. The Bertz CT molecular complexity index is 1370. The lowest BCUT2D eigenvalue weighted by Gasteiger charge is -2.33. The average molecular weight is 442 g/mol. The lowest BCUT2D eigenvalue weighted by Crippen LogP contribution is -2.36.